The molecule has 4 rings (SSSR count). The van der Waals surface area contributed by atoms with E-state index >= 15 is 0 Å². The number of amides is 1. The number of carbonyl (C=O) groups is 2. The Morgan fingerprint density at radius 3 is 2.43 bits per heavy atom. The van der Waals surface area contributed by atoms with Gasteiger partial charge < -0.3 is 15.1 Å². The van der Waals surface area contributed by atoms with Crippen LogP contribution in [0.25, 0.3) is 0 Å². The van der Waals surface area contributed by atoms with Crippen LogP contribution in [0.15, 0.2) is 72.8 Å². The van der Waals surface area contributed by atoms with Gasteiger partial charge in [-0.3, -0.25) is 9.59 Å². The van der Waals surface area contributed by atoms with Gasteiger partial charge in [0.2, 0.25) is 0 Å². The molecule has 0 aliphatic carbocycles. The van der Waals surface area contributed by atoms with E-state index in [2.05, 4.69) is 0 Å². The minimum Gasteiger partial charge on any atom is -0.507 e. The van der Waals surface area contributed by atoms with E-state index < -0.39 is 23.7 Å². The number of phenols is 1. The van der Waals surface area contributed by atoms with Gasteiger partial charge in [-0.25, -0.2) is 0 Å². The Labute approximate surface area is 179 Å². The van der Waals surface area contributed by atoms with Crippen molar-refractivity contribution >= 4 is 29.0 Å². The van der Waals surface area contributed by atoms with Gasteiger partial charge in [-0.15, -0.1) is 0 Å². The lowest BCUT2D eigenvalue weighted by molar-refractivity contribution is -0.135. The first-order chi connectivity index (χ1) is 14.4. The number of aliphatic hydroxyl groups is 1. The second kappa shape index (κ2) is 7.94. The zero-order chi connectivity index (χ0) is 21.3. The molecule has 1 amide bonds. The van der Waals surface area contributed by atoms with Crippen LogP contribution in [-0.2, 0) is 16.8 Å². The van der Waals surface area contributed by atoms with Crippen molar-refractivity contribution in [2.75, 3.05) is 11.4 Å². The zero-order valence-corrected chi connectivity index (χ0v) is 16.8. The minimum atomic E-state index is -2.05. The molecule has 1 aliphatic heterocycles. The highest BCUT2D eigenvalue weighted by Crippen LogP contribution is 2.44. The summed E-state index contributed by atoms with van der Waals surface area (Å²) in [5.41, 5.74) is -0.0904. The number of halogens is 1. The number of carbonyl (C=O) groups excluding carboxylic acids is 2. The Morgan fingerprint density at radius 1 is 1.00 bits per heavy atom. The van der Waals surface area contributed by atoms with Crippen molar-refractivity contribution in [3.05, 3.63) is 94.5 Å². The monoisotopic (exact) mass is 421 g/mol. The summed E-state index contributed by atoms with van der Waals surface area (Å²) in [6, 6.07) is 20.6. The number of Topliss-reactive ketones (excluding diaryl/α,β-unsaturated/α-hetero) is 1. The number of hydrogen-bond acceptors (Lipinski definition) is 4. The molecule has 0 bridgehead atoms. The third-order valence-electron chi connectivity index (χ3n) is 5.38. The molecular weight excluding hydrogens is 402 g/mol. The predicted octanol–water partition coefficient (Wildman–Crippen LogP) is 4.10. The lowest BCUT2D eigenvalue weighted by Gasteiger charge is -2.23. The number of benzene rings is 3. The standard InChI is InChI=1S/C24H20ClNO4/c25-17-10-11-20-19(14-17)24(30,15-22(28)18-8-4-5-9-21(18)27)23(29)26(20)13-12-16-6-2-1-3-7-16/h1-11,14,27,30H,12-13,15H2. The summed E-state index contributed by atoms with van der Waals surface area (Å²) in [5, 5.41) is 21.7. The number of phenolic OH excluding ortho intramolecular Hbond substituents is 1. The van der Waals surface area contributed by atoms with Gasteiger partial charge >= 0.3 is 0 Å². The van der Waals surface area contributed by atoms with Crippen LogP contribution in [-0.4, -0.2) is 28.4 Å². The van der Waals surface area contributed by atoms with Gasteiger partial charge in [0, 0.05) is 17.1 Å². The third-order valence-corrected chi connectivity index (χ3v) is 5.62. The second-order valence-electron chi connectivity index (χ2n) is 7.33. The van der Waals surface area contributed by atoms with Crippen LogP contribution >= 0.6 is 11.6 Å². The van der Waals surface area contributed by atoms with Crippen molar-refractivity contribution in [3.63, 3.8) is 0 Å². The molecule has 0 saturated carbocycles. The Balaban J connectivity index is 1.66. The van der Waals surface area contributed by atoms with Crippen molar-refractivity contribution < 1.29 is 19.8 Å². The summed E-state index contributed by atoms with van der Waals surface area (Å²) in [6.45, 7) is 0.352. The number of hydrogen-bond donors (Lipinski definition) is 2. The highest BCUT2D eigenvalue weighted by Gasteiger charge is 2.51. The van der Waals surface area contributed by atoms with Gasteiger partial charge in [-0.1, -0.05) is 54.1 Å². The molecule has 152 valence electrons. The Hall–Kier alpha value is -3.15. The number of ketones is 1. The maximum Gasteiger partial charge on any atom is 0.264 e. The smallest absolute Gasteiger partial charge is 0.264 e. The van der Waals surface area contributed by atoms with E-state index in [0.717, 1.165) is 5.56 Å². The summed E-state index contributed by atoms with van der Waals surface area (Å²) in [7, 11) is 0. The fourth-order valence-corrected chi connectivity index (χ4v) is 4.01. The SMILES string of the molecule is O=C(CC1(O)C(=O)N(CCc2ccccc2)c2ccc(Cl)cc21)c1ccccc1O. The van der Waals surface area contributed by atoms with Gasteiger partial charge in [0.25, 0.3) is 5.91 Å². The van der Waals surface area contributed by atoms with Crippen LogP contribution in [0.4, 0.5) is 5.69 Å². The summed E-state index contributed by atoms with van der Waals surface area (Å²) in [4.78, 5) is 27.6. The highest BCUT2D eigenvalue weighted by atomic mass is 35.5. The molecule has 5 nitrogen and oxygen atoms in total. The molecule has 2 N–H and O–H groups in total. The molecule has 3 aromatic carbocycles. The lowest BCUT2D eigenvalue weighted by atomic mass is 9.88. The number of nitrogens with zero attached hydrogens (tertiary/aromatic N) is 1. The topological polar surface area (TPSA) is 77.8 Å². The second-order valence-corrected chi connectivity index (χ2v) is 7.77. The quantitative estimate of drug-likeness (QED) is 0.587. The number of aromatic hydroxyl groups is 1. The number of rotatable bonds is 6. The highest BCUT2D eigenvalue weighted by molar-refractivity contribution is 6.31. The normalized spacial score (nSPS) is 17.8. The van der Waals surface area contributed by atoms with Crippen LogP contribution < -0.4 is 4.90 Å². The van der Waals surface area contributed by atoms with E-state index in [1.165, 1.54) is 23.1 Å². The molecule has 0 aromatic heterocycles. The van der Waals surface area contributed by atoms with Crippen LogP contribution in [0.2, 0.25) is 5.02 Å². The van der Waals surface area contributed by atoms with Crippen molar-refractivity contribution in [1.29, 1.82) is 0 Å². The molecule has 0 fully saturated rings. The number of para-hydroxylation sites is 1. The zero-order valence-electron chi connectivity index (χ0n) is 16.1. The van der Waals surface area contributed by atoms with Crippen LogP contribution in [0.5, 0.6) is 5.75 Å². The minimum absolute atomic E-state index is 0.0602. The van der Waals surface area contributed by atoms with Crippen LogP contribution in [0.3, 0.4) is 0 Å². The van der Waals surface area contributed by atoms with Crippen LogP contribution in [0.1, 0.15) is 27.9 Å². The molecule has 1 atom stereocenters. The van der Waals surface area contributed by atoms with E-state index in [9.17, 15) is 19.8 Å². The predicted molar refractivity (Wildman–Crippen MR) is 115 cm³/mol. The van der Waals surface area contributed by atoms with E-state index in [1.807, 2.05) is 30.3 Å². The fraction of sp³-hybridized carbons (Fsp3) is 0.167. The van der Waals surface area contributed by atoms with E-state index in [4.69, 9.17) is 11.6 Å². The van der Waals surface area contributed by atoms with E-state index in [1.54, 1.807) is 24.3 Å². The summed E-state index contributed by atoms with van der Waals surface area (Å²) < 4.78 is 0. The van der Waals surface area contributed by atoms with Gasteiger partial charge in [-0.05, 0) is 42.3 Å². The molecule has 0 radical (unpaired) electrons. The molecular formula is C24H20ClNO4. The maximum atomic E-state index is 13.3. The van der Waals surface area contributed by atoms with Gasteiger partial charge in [-0.2, -0.15) is 0 Å². The summed E-state index contributed by atoms with van der Waals surface area (Å²) >= 11 is 6.13. The van der Waals surface area contributed by atoms with Gasteiger partial charge in [0.1, 0.15) is 5.75 Å². The Morgan fingerprint density at radius 2 is 1.70 bits per heavy atom. The molecule has 0 spiro atoms. The fourth-order valence-electron chi connectivity index (χ4n) is 3.84. The average molecular weight is 422 g/mol. The summed E-state index contributed by atoms with van der Waals surface area (Å²) in [6.07, 6.45) is 0.108. The first kappa shape index (κ1) is 20.1. The van der Waals surface area contributed by atoms with Crippen molar-refractivity contribution in [1.82, 2.24) is 0 Å². The molecule has 0 saturated heterocycles. The van der Waals surface area contributed by atoms with Crippen molar-refractivity contribution in [2.24, 2.45) is 0 Å². The molecule has 1 heterocycles. The summed E-state index contributed by atoms with van der Waals surface area (Å²) in [5.74, 6) is -1.29. The Kier molecular flexibility index (Phi) is 5.33. The lowest BCUT2D eigenvalue weighted by Crippen LogP contribution is -2.42. The first-order valence-electron chi connectivity index (χ1n) is 9.59. The molecule has 6 heteroatoms. The molecule has 1 unspecified atom stereocenters. The largest absolute Gasteiger partial charge is 0.507 e. The number of fused-ring (bicyclic) bond motifs is 1. The number of anilines is 1. The first-order valence-corrected chi connectivity index (χ1v) is 9.97. The van der Waals surface area contributed by atoms with E-state index in [-0.39, 0.29) is 11.3 Å². The molecule has 30 heavy (non-hydrogen) atoms. The van der Waals surface area contributed by atoms with Gasteiger partial charge in [0.05, 0.1) is 17.7 Å². The van der Waals surface area contributed by atoms with E-state index in [0.29, 0.717) is 29.2 Å². The molecule has 3 aromatic rings. The average Bonchev–Trinajstić information content (AvgIpc) is 2.94. The van der Waals surface area contributed by atoms with Crippen LogP contribution in [0, 0.1) is 0 Å². The maximum absolute atomic E-state index is 13.3. The Bertz CT molecular complexity index is 1120. The third kappa shape index (κ3) is 3.58. The van der Waals surface area contributed by atoms with Crippen molar-refractivity contribution in [2.45, 2.75) is 18.4 Å². The van der Waals surface area contributed by atoms with Crippen molar-refractivity contribution in [3.8, 4) is 5.75 Å². The molecule has 1 aliphatic rings. The van der Waals surface area contributed by atoms with Gasteiger partial charge in [0.15, 0.2) is 11.4 Å².